The van der Waals surface area contributed by atoms with Gasteiger partial charge >= 0.3 is 0 Å². The van der Waals surface area contributed by atoms with Gasteiger partial charge in [-0.1, -0.05) is 0 Å². The summed E-state index contributed by atoms with van der Waals surface area (Å²) in [7, 11) is 0. The van der Waals surface area contributed by atoms with Gasteiger partial charge in [-0.25, -0.2) is 4.98 Å². The van der Waals surface area contributed by atoms with Crippen molar-refractivity contribution in [3.8, 4) is 0 Å². The molecule has 3 rings (SSSR count). The van der Waals surface area contributed by atoms with E-state index in [1.165, 1.54) is 30.2 Å². The Balaban J connectivity index is 2.14. The van der Waals surface area contributed by atoms with Gasteiger partial charge in [0.2, 0.25) is 0 Å². The molecule has 0 aromatic carbocycles. The number of pyridine rings is 1. The van der Waals surface area contributed by atoms with Crippen molar-refractivity contribution in [1.82, 2.24) is 4.98 Å². The highest BCUT2D eigenvalue weighted by molar-refractivity contribution is 5.92. The second-order valence-electron chi connectivity index (χ2n) is 4.84. The summed E-state index contributed by atoms with van der Waals surface area (Å²) >= 11 is 0. The van der Waals surface area contributed by atoms with E-state index in [9.17, 15) is 0 Å². The first-order chi connectivity index (χ1) is 8.27. The van der Waals surface area contributed by atoms with Crippen molar-refractivity contribution in [2.24, 2.45) is 0 Å². The Bertz CT molecular complexity index is 538. The maximum atomic E-state index is 5.76. The minimum atomic E-state index is 0.968. The van der Waals surface area contributed by atoms with Gasteiger partial charge in [-0.2, -0.15) is 0 Å². The van der Waals surface area contributed by atoms with Gasteiger partial charge in [0.1, 0.15) is 17.2 Å². The molecular weight excluding hydrogens is 212 g/mol. The lowest BCUT2D eigenvalue weighted by molar-refractivity contribution is 0.571. The molecule has 0 amide bonds. The van der Waals surface area contributed by atoms with Crippen LogP contribution in [0.15, 0.2) is 16.7 Å². The summed E-state index contributed by atoms with van der Waals surface area (Å²) < 4.78 is 5.76. The van der Waals surface area contributed by atoms with Crippen LogP contribution in [0.4, 0.5) is 5.82 Å². The van der Waals surface area contributed by atoms with E-state index in [0.29, 0.717) is 0 Å². The zero-order valence-corrected chi connectivity index (χ0v) is 10.5. The molecule has 0 spiro atoms. The summed E-state index contributed by atoms with van der Waals surface area (Å²) in [5, 5.41) is 1.20. The van der Waals surface area contributed by atoms with E-state index >= 15 is 0 Å². The van der Waals surface area contributed by atoms with Crippen LogP contribution in [-0.2, 0) is 0 Å². The highest BCUT2D eigenvalue weighted by Crippen LogP contribution is 2.32. The smallest absolute Gasteiger partial charge is 0.139 e. The zero-order chi connectivity index (χ0) is 11.8. The average Bonchev–Trinajstić information content (AvgIpc) is 2.66. The molecule has 17 heavy (non-hydrogen) atoms. The molecule has 0 aliphatic carbocycles. The van der Waals surface area contributed by atoms with E-state index in [0.717, 1.165) is 30.3 Å². The van der Waals surface area contributed by atoms with Crippen molar-refractivity contribution >= 4 is 16.8 Å². The molecule has 1 saturated heterocycles. The van der Waals surface area contributed by atoms with Crippen LogP contribution in [0.25, 0.3) is 11.0 Å². The number of aromatic nitrogens is 1. The normalized spacial score (nSPS) is 16.7. The summed E-state index contributed by atoms with van der Waals surface area (Å²) in [6, 6.07) is 1.96. The first-order valence-electron chi connectivity index (χ1n) is 6.37. The average molecular weight is 230 g/mol. The predicted octanol–water partition coefficient (Wildman–Crippen LogP) is 3.43. The van der Waals surface area contributed by atoms with E-state index in [1.807, 2.05) is 19.2 Å². The first kappa shape index (κ1) is 10.6. The SMILES string of the molecule is Cc1oc2ccnc(N3CCCCC3)c2c1C. The van der Waals surface area contributed by atoms with Crippen LogP contribution in [-0.4, -0.2) is 18.1 Å². The van der Waals surface area contributed by atoms with Crippen molar-refractivity contribution in [3.63, 3.8) is 0 Å². The van der Waals surface area contributed by atoms with E-state index in [2.05, 4.69) is 16.8 Å². The first-order valence-corrected chi connectivity index (χ1v) is 6.37. The zero-order valence-electron chi connectivity index (χ0n) is 10.5. The Morgan fingerprint density at radius 1 is 1.18 bits per heavy atom. The number of fused-ring (bicyclic) bond motifs is 1. The fourth-order valence-corrected chi connectivity index (χ4v) is 2.63. The minimum absolute atomic E-state index is 0.968. The van der Waals surface area contributed by atoms with Gasteiger partial charge in [0.15, 0.2) is 0 Å². The molecule has 0 N–H and O–H groups in total. The quantitative estimate of drug-likeness (QED) is 0.751. The van der Waals surface area contributed by atoms with Crippen LogP contribution in [0.1, 0.15) is 30.6 Å². The van der Waals surface area contributed by atoms with Crippen LogP contribution in [0.2, 0.25) is 0 Å². The van der Waals surface area contributed by atoms with Crippen molar-refractivity contribution in [2.45, 2.75) is 33.1 Å². The number of hydrogen-bond donors (Lipinski definition) is 0. The molecule has 2 aromatic heterocycles. The second-order valence-corrected chi connectivity index (χ2v) is 4.84. The molecule has 0 atom stereocenters. The van der Waals surface area contributed by atoms with Crippen LogP contribution >= 0.6 is 0 Å². The number of hydrogen-bond acceptors (Lipinski definition) is 3. The number of piperidine rings is 1. The van der Waals surface area contributed by atoms with E-state index < -0.39 is 0 Å². The summed E-state index contributed by atoms with van der Waals surface area (Å²) in [5.41, 5.74) is 2.20. The number of rotatable bonds is 1. The molecule has 1 aliphatic heterocycles. The van der Waals surface area contributed by atoms with Gasteiger partial charge in [0.25, 0.3) is 0 Å². The Labute approximate surface area is 101 Å². The monoisotopic (exact) mass is 230 g/mol. The van der Waals surface area contributed by atoms with Crippen molar-refractivity contribution in [3.05, 3.63) is 23.6 Å². The standard InChI is InChI=1S/C14H18N2O/c1-10-11(2)17-12-6-7-15-14(13(10)12)16-8-4-3-5-9-16/h6-7H,3-5,8-9H2,1-2H3. The largest absolute Gasteiger partial charge is 0.461 e. The van der Waals surface area contributed by atoms with E-state index in [1.54, 1.807) is 0 Å². The Morgan fingerprint density at radius 2 is 1.94 bits per heavy atom. The second kappa shape index (κ2) is 4.06. The van der Waals surface area contributed by atoms with Crippen molar-refractivity contribution < 1.29 is 4.42 Å². The summed E-state index contributed by atoms with van der Waals surface area (Å²) in [5.74, 6) is 2.11. The molecule has 1 aliphatic rings. The van der Waals surface area contributed by atoms with Gasteiger partial charge < -0.3 is 9.32 Å². The minimum Gasteiger partial charge on any atom is -0.461 e. The van der Waals surface area contributed by atoms with Gasteiger partial charge in [-0.3, -0.25) is 0 Å². The number of nitrogens with zero attached hydrogens (tertiary/aromatic N) is 2. The van der Waals surface area contributed by atoms with Gasteiger partial charge in [0.05, 0.1) is 5.39 Å². The van der Waals surface area contributed by atoms with Crippen LogP contribution in [0.3, 0.4) is 0 Å². The lowest BCUT2D eigenvalue weighted by Crippen LogP contribution is -2.30. The fourth-order valence-electron chi connectivity index (χ4n) is 2.63. The molecule has 1 fully saturated rings. The maximum absolute atomic E-state index is 5.76. The molecule has 2 aromatic rings. The highest BCUT2D eigenvalue weighted by Gasteiger charge is 2.18. The number of anilines is 1. The summed E-state index contributed by atoms with van der Waals surface area (Å²) in [6.45, 7) is 6.39. The number of furan rings is 1. The third-order valence-electron chi connectivity index (χ3n) is 3.71. The molecule has 90 valence electrons. The highest BCUT2D eigenvalue weighted by atomic mass is 16.3. The predicted molar refractivity (Wildman–Crippen MR) is 69.5 cm³/mol. The third-order valence-corrected chi connectivity index (χ3v) is 3.71. The summed E-state index contributed by atoms with van der Waals surface area (Å²) in [4.78, 5) is 6.97. The fraction of sp³-hybridized carbons (Fsp3) is 0.500. The molecule has 3 nitrogen and oxygen atoms in total. The molecule has 0 bridgehead atoms. The molecule has 0 radical (unpaired) electrons. The van der Waals surface area contributed by atoms with Crippen LogP contribution < -0.4 is 4.90 Å². The number of aryl methyl sites for hydroxylation is 2. The Kier molecular flexibility index (Phi) is 2.54. The van der Waals surface area contributed by atoms with Gasteiger partial charge in [-0.05, 0) is 39.2 Å². The van der Waals surface area contributed by atoms with Crippen molar-refractivity contribution in [1.29, 1.82) is 0 Å². The molecule has 3 heterocycles. The van der Waals surface area contributed by atoms with Gasteiger partial charge in [-0.15, -0.1) is 0 Å². The molecular formula is C14H18N2O. The van der Waals surface area contributed by atoms with E-state index in [-0.39, 0.29) is 0 Å². The van der Waals surface area contributed by atoms with Crippen LogP contribution in [0.5, 0.6) is 0 Å². The Morgan fingerprint density at radius 3 is 2.71 bits per heavy atom. The lowest BCUT2D eigenvalue weighted by atomic mass is 10.1. The third kappa shape index (κ3) is 1.70. The topological polar surface area (TPSA) is 29.3 Å². The van der Waals surface area contributed by atoms with E-state index in [4.69, 9.17) is 4.42 Å². The maximum Gasteiger partial charge on any atom is 0.139 e. The molecule has 0 unspecified atom stereocenters. The molecule has 0 saturated carbocycles. The van der Waals surface area contributed by atoms with Crippen molar-refractivity contribution in [2.75, 3.05) is 18.0 Å². The molecule has 3 heteroatoms. The van der Waals surface area contributed by atoms with Crippen LogP contribution in [0, 0.1) is 13.8 Å². The Hall–Kier alpha value is -1.51. The van der Waals surface area contributed by atoms with Gasteiger partial charge in [0, 0.05) is 24.8 Å². The summed E-state index contributed by atoms with van der Waals surface area (Å²) in [6.07, 6.45) is 5.74. The lowest BCUT2D eigenvalue weighted by Gasteiger charge is -2.28.